The Labute approximate surface area is 211 Å². The van der Waals surface area contributed by atoms with Crippen LogP contribution in [-0.2, 0) is 24.3 Å². The van der Waals surface area contributed by atoms with E-state index >= 15 is 0 Å². The fourth-order valence-corrected chi connectivity index (χ4v) is 4.11. The first-order valence-electron chi connectivity index (χ1n) is 12.3. The van der Waals surface area contributed by atoms with Crippen molar-refractivity contribution in [3.05, 3.63) is 77.2 Å². The minimum Gasteiger partial charge on any atom is -0.464 e. The average molecular weight is 492 g/mol. The van der Waals surface area contributed by atoms with Crippen molar-refractivity contribution in [1.29, 1.82) is 0 Å². The maximum Gasteiger partial charge on any atom is 0.322 e. The Hall–Kier alpha value is -3.94. The van der Waals surface area contributed by atoms with Gasteiger partial charge in [-0.05, 0) is 67.3 Å². The number of rotatable bonds is 10. The third-order valence-electron chi connectivity index (χ3n) is 6.00. The number of carbonyl (C=O) groups excluding carboxylic acids is 2. The summed E-state index contributed by atoms with van der Waals surface area (Å²) >= 11 is 0. The summed E-state index contributed by atoms with van der Waals surface area (Å²) in [5, 5.41) is 2.94. The molecule has 8 heteroatoms. The number of hydrogen-bond donors (Lipinski definition) is 1. The summed E-state index contributed by atoms with van der Waals surface area (Å²) in [5.74, 6) is 2.64. The van der Waals surface area contributed by atoms with Gasteiger partial charge in [0, 0.05) is 18.8 Å². The maximum absolute atomic E-state index is 13.5. The van der Waals surface area contributed by atoms with E-state index in [1.54, 1.807) is 9.80 Å². The van der Waals surface area contributed by atoms with Crippen molar-refractivity contribution < 1.29 is 23.5 Å². The molecule has 3 amide bonds. The molecule has 0 aliphatic carbocycles. The van der Waals surface area contributed by atoms with Gasteiger partial charge in [0.05, 0.1) is 6.54 Å². The molecule has 0 unspecified atom stereocenters. The number of nitrogens with one attached hydrogen (secondary N) is 1. The van der Waals surface area contributed by atoms with Gasteiger partial charge < -0.3 is 29.0 Å². The Balaban J connectivity index is 1.49. The highest BCUT2D eigenvalue weighted by Gasteiger charge is 2.23. The third-order valence-corrected chi connectivity index (χ3v) is 6.00. The topological polar surface area (TPSA) is 84.2 Å². The summed E-state index contributed by atoms with van der Waals surface area (Å²) in [4.78, 5) is 29.9. The van der Waals surface area contributed by atoms with Crippen molar-refractivity contribution in [2.45, 2.75) is 46.7 Å². The van der Waals surface area contributed by atoms with Gasteiger partial charge in [-0.1, -0.05) is 32.0 Å². The standard InChI is InChI=1S/C28H33N3O5/c1-4-13-30(28(33)29-23-8-6-7-21(5-2)14-23)18-27(32)31(17-24-11-9-20(3)36-24)16-22-10-12-25-26(15-22)35-19-34-25/h6-12,14-15H,4-5,13,16-19H2,1-3H3,(H,29,33). The van der Waals surface area contributed by atoms with Gasteiger partial charge in [-0.3, -0.25) is 4.79 Å². The molecule has 0 radical (unpaired) electrons. The molecule has 2 heterocycles. The number of ether oxygens (including phenoxy) is 2. The van der Waals surface area contributed by atoms with Crippen LogP contribution in [0.2, 0.25) is 0 Å². The molecule has 0 bridgehead atoms. The van der Waals surface area contributed by atoms with E-state index in [0.717, 1.165) is 35.4 Å². The van der Waals surface area contributed by atoms with Gasteiger partial charge in [-0.25, -0.2) is 4.79 Å². The van der Waals surface area contributed by atoms with Crippen LogP contribution < -0.4 is 14.8 Å². The number of fused-ring (bicyclic) bond motifs is 1. The number of carbonyl (C=O) groups is 2. The number of benzene rings is 2. The Morgan fingerprint density at radius 2 is 1.75 bits per heavy atom. The molecule has 190 valence electrons. The largest absolute Gasteiger partial charge is 0.464 e. The third kappa shape index (κ3) is 6.38. The van der Waals surface area contributed by atoms with Gasteiger partial charge in [0.25, 0.3) is 0 Å². The highest BCUT2D eigenvalue weighted by Crippen LogP contribution is 2.33. The molecule has 0 fully saturated rings. The van der Waals surface area contributed by atoms with Gasteiger partial charge in [0.1, 0.15) is 18.1 Å². The minimum atomic E-state index is -0.296. The van der Waals surface area contributed by atoms with E-state index in [2.05, 4.69) is 12.2 Å². The predicted molar refractivity (Wildman–Crippen MR) is 137 cm³/mol. The zero-order valence-corrected chi connectivity index (χ0v) is 21.1. The van der Waals surface area contributed by atoms with Gasteiger partial charge in [-0.2, -0.15) is 0 Å². The molecule has 2 aromatic carbocycles. The van der Waals surface area contributed by atoms with Crippen LogP contribution in [0.4, 0.5) is 10.5 Å². The highest BCUT2D eigenvalue weighted by atomic mass is 16.7. The van der Waals surface area contributed by atoms with Gasteiger partial charge in [0.15, 0.2) is 11.5 Å². The molecule has 0 atom stereocenters. The number of nitrogens with zero attached hydrogens (tertiary/aromatic N) is 2. The van der Waals surface area contributed by atoms with Crippen molar-refractivity contribution in [3.8, 4) is 11.5 Å². The second-order valence-electron chi connectivity index (χ2n) is 8.86. The highest BCUT2D eigenvalue weighted by molar-refractivity contribution is 5.92. The van der Waals surface area contributed by atoms with Crippen molar-refractivity contribution in [2.24, 2.45) is 0 Å². The molecule has 36 heavy (non-hydrogen) atoms. The molecule has 1 aliphatic rings. The van der Waals surface area contributed by atoms with E-state index in [1.165, 1.54) is 0 Å². The normalized spacial score (nSPS) is 11.9. The van der Waals surface area contributed by atoms with Crippen LogP contribution in [0.5, 0.6) is 11.5 Å². The van der Waals surface area contributed by atoms with Crippen LogP contribution in [0.1, 0.15) is 42.9 Å². The Bertz CT molecular complexity index is 1210. The molecule has 0 saturated carbocycles. The van der Waals surface area contributed by atoms with Crippen molar-refractivity contribution in [2.75, 3.05) is 25.2 Å². The van der Waals surface area contributed by atoms with Gasteiger partial charge >= 0.3 is 6.03 Å². The van der Waals surface area contributed by atoms with E-state index in [1.807, 2.05) is 68.4 Å². The smallest absolute Gasteiger partial charge is 0.322 e. The van der Waals surface area contributed by atoms with E-state index in [-0.39, 0.29) is 25.3 Å². The van der Waals surface area contributed by atoms with Gasteiger partial charge in [0.2, 0.25) is 12.7 Å². The Morgan fingerprint density at radius 1 is 0.917 bits per heavy atom. The first-order valence-corrected chi connectivity index (χ1v) is 12.3. The van der Waals surface area contributed by atoms with Crippen LogP contribution in [0.25, 0.3) is 0 Å². The molecule has 1 aliphatic heterocycles. The maximum atomic E-state index is 13.5. The predicted octanol–water partition coefficient (Wildman–Crippen LogP) is 5.35. The van der Waals surface area contributed by atoms with Crippen molar-refractivity contribution in [3.63, 3.8) is 0 Å². The van der Waals surface area contributed by atoms with E-state index in [0.29, 0.717) is 36.9 Å². The fourth-order valence-electron chi connectivity index (χ4n) is 4.11. The number of urea groups is 1. The number of furan rings is 1. The molecule has 3 aromatic rings. The lowest BCUT2D eigenvalue weighted by atomic mass is 10.1. The van der Waals surface area contributed by atoms with Crippen LogP contribution in [0.3, 0.4) is 0 Å². The van der Waals surface area contributed by atoms with Crippen molar-refractivity contribution >= 4 is 17.6 Å². The quantitative estimate of drug-likeness (QED) is 0.413. The Morgan fingerprint density at radius 3 is 2.50 bits per heavy atom. The Kier molecular flexibility index (Phi) is 8.15. The van der Waals surface area contributed by atoms with Crippen LogP contribution in [0, 0.1) is 6.92 Å². The molecule has 8 nitrogen and oxygen atoms in total. The molecular weight excluding hydrogens is 458 g/mol. The fraction of sp³-hybridized carbons (Fsp3) is 0.357. The monoisotopic (exact) mass is 491 g/mol. The number of anilines is 1. The van der Waals surface area contributed by atoms with Gasteiger partial charge in [-0.15, -0.1) is 0 Å². The van der Waals surface area contributed by atoms with Crippen LogP contribution >= 0.6 is 0 Å². The SMILES string of the molecule is CCCN(CC(=O)N(Cc1ccc2c(c1)OCO2)Cc1ccc(C)o1)C(=O)Nc1cccc(CC)c1. The summed E-state index contributed by atoms with van der Waals surface area (Å²) < 4.78 is 16.6. The van der Waals surface area contributed by atoms with E-state index in [4.69, 9.17) is 13.9 Å². The van der Waals surface area contributed by atoms with E-state index < -0.39 is 0 Å². The number of aryl methyl sites for hydroxylation is 2. The second-order valence-corrected chi connectivity index (χ2v) is 8.86. The molecule has 4 rings (SSSR count). The lowest BCUT2D eigenvalue weighted by molar-refractivity contribution is -0.133. The molecule has 1 aromatic heterocycles. The summed E-state index contributed by atoms with van der Waals surface area (Å²) in [7, 11) is 0. The van der Waals surface area contributed by atoms with E-state index in [9.17, 15) is 9.59 Å². The second kappa shape index (κ2) is 11.7. The van der Waals surface area contributed by atoms with Crippen LogP contribution in [-0.4, -0.2) is 41.6 Å². The summed E-state index contributed by atoms with van der Waals surface area (Å²) in [6.07, 6.45) is 1.61. The lowest BCUT2D eigenvalue weighted by Gasteiger charge is -2.27. The van der Waals surface area contributed by atoms with Crippen molar-refractivity contribution in [1.82, 2.24) is 9.80 Å². The first kappa shape index (κ1) is 25.2. The zero-order valence-electron chi connectivity index (χ0n) is 21.1. The number of amides is 3. The zero-order chi connectivity index (χ0) is 25.5. The summed E-state index contributed by atoms with van der Waals surface area (Å²) in [5.41, 5.74) is 2.75. The molecule has 1 N–H and O–H groups in total. The lowest BCUT2D eigenvalue weighted by Crippen LogP contribution is -2.44. The van der Waals surface area contributed by atoms with Crippen LogP contribution in [0.15, 0.2) is 59.0 Å². The molecular formula is C28H33N3O5. The summed E-state index contributed by atoms with van der Waals surface area (Å²) in [6, 6.07) is 16.8. The average Bonchev–Trinajstić information content (AvgIpc) is 3.51. The molecule has 0 spiro atoms. The first-order chi connectivity index (χ1) is 17.4. The summed E-state index contributed by atoms with van der Waals surface area (Å²) in [6.45, 7) is 7.16. The minimum absolute atomic E-state index is 0.0443. The molecule has 0 saturated heterocycles. The number of hydrogen-bond acceptors (Lipinski definition) is 5.